The average Bonchev–Trinajstić information content (AvgIpc) is 3.30. The molecule has 2 unspecified atom stereocenters. The summed E-state index contributed by atoms with van der Waals surface area (Å²) in [5.74, 6) is 2.01. The first-order chi connectivity index (χ1) is 14.2. The zero-order valence-corrected chi connectivity index (χ0v) is 17.5. The third kappa shape index (κ3) is 3.11. The van der Waals surface area contributed by atoms with Crippen molar-refractivity contribution in [2.75, 3.05) is 6.61 Å². The molecular weight excluding hydrogens is 356 g/mol. The Morgan fingerprint density at radius 1 is 1.00 bits per heavy atom. The third-order valence-electron chi connectivity index (χ3n) is 6.41. The number of hydrogen-bond donors (Lipinski definition) is 0. The molecule has 0 bridgehead atoms. The molecule has 0 fully saturated rings. The highest BCUT2D eigenvalue weighted by Crippen LogP contribution is 2.44. The Bertz CT molecular complexity index is 1180. The highest BCUT2D eigenvalue weighted by molar-refractivity contribution is 6.06. The molecule has 5 rings (SSSR count). The molecule has 1 aliphatic rings. The van der Waals surface area contributed by atoms with Gasteiger partial charge in [0.15, 0.2) is 0 Å². The van der Waals surface area contributed by atoms with Crippen molar-refractivity contribution in [3.8, 4) is 5.75 Å². The quantitative estimate of drug-likeness (QED) is 0.352. The Balaban J connectivity index is 1.59. The lowest BCUT2D eigenvalue weighted by atomic mass is 9.82. The van der Waals surface area contributed by atoms with Crippen LogP contribution in [0.5, 0.6) is 5.75 Å². The maximum absolute atomic E-state index is 6.39. The van der Waals surface area contributed by atoms with Gasteiger partial charge in [-0.05, 0) is 61.4 Å². The standard InChI is InChI=1S/C27H28O2/c1-4-8-19(15-20-16-28-26-18(3)9-7-11-21(20)26)23-13-17(2)14-24-22-10-5-6-12-25(22)29-27(23)24/h5-7,9-14,19-20H,4,8,15-16H2,1-3H3. The van der Waals surface area contributed by atoms with Gasteiger partial charge in [0.05, 0.1) is 6.61 Å². The maximum Gasteiger partial charge on any atom is 0.138 e. The van der Waals surface area contributed by atoms with Crippen molar-refractivity contribution in [3.63, 3.8) is 0 Å². The minimum absolute atomic E-state index is 0.446. The number of rotatable bonds is 5. The molecule has 0 saturated heterocycles. The van der Waals surface area contributed by atoms with Crippen molar-refractivity contribution < 1.29 is 9.15 Å². The zero-order chi connectivity index (χ0) is 20.0. The number of ether oxygens (including phenoxy) is 1. The summed E-state index contributed by atoms with van der Waals surface area (Å²) in [6.45, 7) is 7.41. The van der Waals surface area contributed by atoms with Crippen LogP contribution < -0.4 is 4.74 Å². The van der Waals surface area contributed by atoms with Crippen molar-refractivity contribution in [2.45, 2.75) is 51.9 Å². The summed E-state index contributed by atoms with van der Waals surface area (Å²) < 4.78 is 12.5. The van der Waals surface area contributed by atoms with Crippen LogP contribution in [0, 0.1) is 13.8 Å². The molecule has 3 aromatic carbocycles. The highest BCUT2D eigenvalue weighted by atomic mass is 16.5. The zero-order valence-electron chi connectivity index (χ0n) is 17.5. The number of furan rings is 1. The Morgan fingerprint density at radius 2 is 1.86 bits per heavy atom. The fraction of sp³-hybridized carbons (Fsp3) is 0.333. The van der Waals surface area contributed by atoms with E-state index >= 15 is 0 Å². The van der Waals surface area contributed by atoms with E-state index in [4.69, 9.17) is 9.15 Å². The normalized spacial score (nSPS) is 16.9. The minimum Gasteiger partial charge on any atom is -0.492 e. The van der Waals surface area contributed by atoms with Crippen LogP contribution in [0.25, 0.3) is 21.9 Å². The molecule has 1 aliphatic heterocycles. The van der Waals surface area contributed by atoms with E-state index in [0.717, 1.165) is 42.8 Å². The van der Waals surface area contributed by atoms with Crippen molar-refractivity contribution in [3.05, 3.63) is 76.9 Å². The predicted octanol–water partition coefficient (Wildman–Crippen LogP) is 7.65. The van der Waals surface area contributed by atoms with Crippen LogP contribution >= 0.6 is 0 Å². The van der Waals surface area contributed by atoms with Gasteiger partial charge in [0, 0.05) is 22.3 Å². The molecule has 0 spiro atoms. The molecule has 2 heteroatoms. The highest BCUT2D eigenvalue weighted by Gasteiger charge is 2.29. The van der Waals surface area contributed by atoms with Gasteiger partial charge in [0.2, 0.25) is 0 Å². The molecule has 29 heavy (non-hydrogen) atoms. The van der Waals surface area contributed by atoms with Gasteiger partial charge in [-0.15, -0.1) is 0 Å². The summed E-state index contributed by atoms with van der Waals surface area (Å²) in [5.41, 5.74) is 7.33. The van der Waals surface area contributed by atoms with Gasteiger partial charge in [-0.1, -0.05) is 55.8 Å². The number of para-hydroxylation sites is 2. The summed E-state index contributed by atoms with van der Waals surface area (Å²) in [6, 6.07) is 19.6. The van der Waals surface area contributed by atoms with E-state index in [9.17, 15) is 0 Å². The van der Waals surface area contributed by atoms with Crippen molar-refractivity contribution in [1.29, 1.82) is 0 Å². The van der Waals surface area contributed by atoms with Crippen molar-refractivity contribution >= 4 is 21.9 Å². The van der Waals surface area contributed by atoms with E-state index in [1.807, 2.05) is 0 Å². The molecule has 0 saturated carbocycles. The van der Waals surface area contributed by atoms with E-state index < -0.39 is 0 Å². The third-order valence-corrected chi connectivity index (χ3v) is 6.41. The summed E-state index contributed by atoms with van der Waals surface area (Å²) in [4.78, 5) is 0. The monoisotopic (exact) mass is 384 g/mol. The number of fused-ring (bicyclic) bond motifs is 4. The van der Waals surface area contributed by atoms with Crippen molar-refractivity contribution in [1.82, 2.24) is 0 Å². The molecule has 148 valence electrons. The van der Waals surface area contributed by atoms with Gasteiger partial charge in [-0.2, -0.15) is 0 Å². The molecule has 0 radical (unpaired) electrons. The van der Waals surface area contributed by atoms with Gasteiger partial charge in [-0.3, -0.25) is 0 Å². The summed E-state index contributed by atoms with van der Waals surface area (Å²) >= 11 is 0. The van der Waals surface area contributed by atoms with Gasteiger partial charge in [-0.25, -0.2) is 0 Å². The molecule has 0 aliphatic carbocycles. The first-order valence-corrected chi connectivity index (χ1v) is 10.8. The van der Waals surface area contributed by atoms with Gasteiger partial charge in [0.1, 0.15) is 16.9 Å². The molecular formula is C27H28O2. The molecule has 0 amide bonds. The summed E-state index contributed by atoms with van der Waals surface area (Å²) in [6.07, 6.45) is 3.42. The molecule has 4 aromatic rings. The Kier molecular flexibility index (Phi) is 4.58. The molecule has 1 aromatic heterocycles. The van der Waals surface area contributed by atoms with Crippen LogP contribution in [-0.4, -0.2) is 6.61 Å². The van der Waals surface area contributed by atoms with E-state index in [0.29, 0.717) is 11.8 Å². The first kappa shape index (κ1) is 18.3. The largest absolute Gasteiger partial charge is 0.492 e. The number of hydrogen-bond acceptors (Lipinski definition) is 2. The van der Waals surface area contributed by atoms with E-state index in [2.05, 4.69) is 75.4 Å². The fourth-order valence-electron chi connectivity index (χ4n) is 5.06. The van der Waals surface area contributed by atoms with Crippen LogP contribution in [0.2, 0.25) is 0 Å². The van der Waals surface area contributed by atoms with Gasteiger partial charge in [0.25, 0.3) is 0 Å². The maximum atomic E-state index is 6.39. The number of benzene rings is 3. The van der Waals surface area contributed by atoms with Crippen LogP contribution in [-0.2, 0) is 0 Å². The van der Waals surface area contributed by atoms with Crippen LogP contribution in [0.3, 0.4) is 0 Å². The lowest BCUT2D eigenvalue weighted by Gasteiger charge is -2.21. The lowest BCUT2D eigenvalue weighted by Crippen LogP contribution is -2.09. The Labute approximate surface area is 172 Å². The SMILES string of the molecule is CCCC(CC1COc2c(C)cccc21)c1cc(C)cc2c1oc1ccccc12. The van der Waals surface area contributed by atoms with Crippen LogP contribution in [0.1, 0.15) is 60.3 Å². The Morgan fingerprint density at radius 3 is 2.72 bits per heavy atom. The topological polar surface area (TPSA) is 22.4 Å². The molecule has 2 nitrogen and oxygen atoms in total. The Hall–Kier alpha value is -2.74. The van der Waals surface area contributed by atoms with Gasteiger partial charge >= 0.3 is 0 Å². The van der Waals surface area contributed by atoms with E-state index in [1.54, 1.807) is 0 Å². The average molecular weight is 385 g/mol. The second kappa shape index (κ2) is 7.26. The summed E-state index contributed by atoms with van der Waals surface area (Å²) in [5, 5.41) is 2.46. The van der Waals surface area contributed by atoms with Crippen molar-refractivity contribution in [2.24, 2.45) is 0 Å². The smallest absolute Gasteiger partial charge is 0.138 e. The molecule has 0 N–H and O–H groups in total. The van der Waals surface area contributed by atoms with Gasteiger partial charge < -0.3 is 9.15 Å². The van der Waals surface area contributed by atoms with Crippen LogP contribution in [0.4, 0.5) is 0 Å². The molecule has 2 atom stereocenters. The summed E-state index contributed by atoms with van der Waals surface area (Å²) in [7, 11) is 0. The second-order valence-corrected chi connectivity index (χ2v) is 8.55. The van der Waals surface area contributed by atoms with Crippen LogP contribution in [0.15, 0.2) is 59.0 Å². The lowest BCUT2D eigenvalue weighted by molar-refractivity contribution is 0.315. The number of aryl methyl sites for hydroxylation is 2. The first-order valence-electron chi connectivity index (χ1n) is 10.8. The fourth-order valence-corrected chi connectivity index (χ4v) is 5.06. The van der Waals surface area contributed by atoms with E-state index in [1.165, 1.54) is 33.0 Å². The van der Waals surface area contributed by atoms with E-state index in [-0.39, 0.29) is 0 Å². The minimum atomic E-state index is 0.446. The molecule has 2 heterocycles. The second-order valence-electron chi connectivity index (χ2n) is 8.55. The predicted molar refractivity (Wildman–Crippen MR) is 120 cm³/mol.